The fraction of sp³-hybridized carbons (Fsp3) is 0.714. The first kappa shape index (κ1) is 15.7. The van der Waals surface area contributed by atoms with Gasteiger partial charge in [0.25, 0.3) is 0 Å². The zero-order chi connectivity index (χ0) is 15.8. The Morgan fingerprint density at radius 2 is 1.87 bits per heavy atom. The van der Waals surface area contributed by atoms with Crippen LogP contribution in [0.1, 0.15) is 49.7 Å². The number of likely N-dealkylation sites (tertiary alicyclic amines) is 2. The lowest BCUT2D eigenvalue weighted by atomic mass is 9.86. The summed E-state index contributed by atoms with van der Waals surface area (Å²) >= 11 is 0. The molecular weight excluding hydrogens is 280 g/mol. The van der Waals surface area contributed by atoms with Crippen molar-refractivity contribution in [3.05, 3.63) is 35.4 Å². The van der Waals surface area contributed by atoms with E-state index in [0.717, 1.165) is 23.8 Å². The molecule has 2 heteroatoms. The predicted molar refractivity (Wildman–Crippen MR) is 96.9 cm³/mol. The van der Waals surface area contributed by atoms with Gasteiger partial charge in [0.1, 0.15) is 0 Å². The summed E-state index contributed by atoms with van der Waals surface area (Å²) in [5.41, 5.74) is 3.12. The number of nitrogens with zero attached hydrogens (tertiary/aromatic N) is 2. The van der Waals surface area contributed by atoms with Crippen molar-refractivity contribution in [3.8, 4) is 0 Å². The van der Waals surface area contributed by atoms with Gasteiger partial charge in [0, 0.05) is 25.7 Å². The van der Waals surface area contributed by atoms with E-state index < -0.39 is 0 Å². The van der Waals surface area contributed by atoms with Crippen LogP contribution in [0.4, 0.5) is 0 Å². The van der Waals surface area contributed by atoms with Crippen molar-refractivity contribution in [2.75, 3.05) is 33.2 Å². The quantitative estimate of drug-likeness (QED) is 0.835. The molecule has 0 amide bonds. The number of fused-ring (bicyclic) bond motifs is 1. The van der Waals surface area contributed by atoms with Gasteiger partial charge in [0.15, 0.2) is 0 Å². The normalized spacial score (nSPS) is 35.0. The van der Waals surface area contributed by atoms with Crippen LogP contribution in [0.15, 0.2) is 24.3 Å². The Labute approximate surface area is 141 Å². The minimum Gasteiger partial charge on any atom is -0.306 e. The second-order valence-corrected chi connectivity index (χ2v) is 8.35. The Kier molecular flexibility index (Phi) is 4.47. The van der Waals surface area contributed by atoms with Gasteiger partial charge in [-0.2, -0.15) is 0 Å². The van der Waals surface area contributed by atoms with E-state index in [0.29, 0.717) is 0 Å². The topological polar surface area (TPSA) is 6.48 Å². The molecule has 0 radical (unpaired) electrons. The van der Waals surface area contributed by atoms with Gasteiger partial charge in [0.05, 0.1) is 0 Å². The third kappa shape index (κ3) is 3.21. The van der Waals surface area contributed by atoms with E-state index >= 15 is 0 Å². The van der Waals surface area contributed by atoms with Gasteiger partial charge in [0.2, 0.25) is 0 Å². The molecule has 4 rings (SSSR count). The summed E-state index contributed by atoms with van der Waals surface area (Å²) in [4.78, 5) is 5.19. The minimum atomic E-state index is 0.795. The molecule has 0 spiro atoms. The molecule has 126 valence electrons. The molecule has 4 atom stereocenters. The maximum Gasteiger partial charge on any atom is 0.00675 e. The van der Waals surface area contributed by atoms with Crippen LogP contribution < -0.4 is 0 Å². The summed E-state index contributed by atoms with van der Waals surface area (Å²) < 4.78 is 0. The van der Waals surface area contributed by atoms with Gasteiger partial charge < -0.3 is 9.80 Å². The Bertz CT molecular complexity index is 523. The molecule has 1 aromatic carbocycles. The summed E-state index contributed by atoms with van der Waals surface area (Å²) in [7, 11) is 2.29. The molecule has 1 aliphatic carbocycles. The summed E-state index contributed by atoms with van der Waals surface area (Å²) in [5.74, 6) is 2.69. The van der Waals surface area contributed by atoms with Crippen LogP contribution >= 0.6 is 0 Å². The van der Waals surface area contributed by atoms with Crippen LogP contribution in [0.5, 0.6) is 0 Å². The van der Waals surface area contributed by atoms with Crippen molar-refractivity contribution >= 4 is 0 Å². The molecule has 3 fully saturated rings. The monoisotopic (exact) mass is 312 g/mol. The second-order valence-electron chi connectivity index (χ2n) is 8.35. The van der Waals surface area contributed by atoms with Gasteiger partial charge in [-0.25, -0.2) is 0 Å². The zero-order valence-corrected chi connectivity index (χ0v) is 14.9. The molecule has 1 saturated carbocycles. The fourth-order valence-electron chi connectivity index (χ4n) is 5.43. The highest BCUT2D eigenvalue weighted by Crippen LogP contribution is 2.47. The van der Waals surface area contributed by atoms with Crippen LogP contribution in [0.25, 0.3) is 0 Å². The van der Waals surface area contributed by atoms with Crippen molar-refractivity contribution in [3.63, 3.8) is 0 Å². The first-order valence-electron chi connectivity index (χ1n) is 9.72. The molecule has 0 N–H and O–H groups in total. The van der Waals surface area contributed by atoms with E-state index in [4.69, 9.17) is 0 Å². The standard InChI is InChI=1S/C21H32N2/c1-16-4-3-12-23(16)13-11-17-5-7-18(8-6-17)20-10-9-19-14-22(2)15-21(19)20/h5-8,16,19-21H,3-4,9-15H2,1-2H3/t16-,19-,20+,21+/m1/s1. The van der Waals surface area contributed by atoms with Crippen LogP contribution in [0, 0.1) is 11.8 Å². The lowest BCUT2D eigenvalue weighted by molar-refractivity contribution is 0.272. The summed E-state index contributed by atoms with van der Waals surface area (Å²) in [6.07, 6.45) is 6.84. The third-order valence-corrected chi connectivity index (χ3v) is 6.83. The fourth-order valence-corrected chi connectivity index (χ4v) is 5.43. The number of hydrogen-bond donors (Lipinski definition) is 0. The zero-order valence-electron chi connectivity index (χ0n) is 14.9. The lowest BCUT2D eigenvalue weighted by Crippen LogP contribution is -2.28. The highest BCUT2D eigenvalue weighted by Gasteiger charge is 2.41. The lowest BCUT2D eigenvalue weighted by Gasteiger charge is -2.21. The minimum absolute atomic E-state index is 0.795. The third-order valence-electron chi connectivity index (χ3n) is 6.83. The van der Waals surface area contributed by atoms with Gasteiger partial charge in [-0.3, -0.25) is 0 Å². The van der Waals surface area contributed by atoms with E-state index in [1.165, 1.54) is 63.8 Å². The predicted octanol–water partition coefficient (Wildman–Crippen LogP) is 3.77. The Morgan fingerprint density at radius 1 is 1.04 bits per heavy atom. The molecule has 1 aromatic rings. The SMILES string of the molecule is C[C@@H]1CCCN1CCc1ccc([C@@H]2CC[C@@H]3CN(C)C[C@@H]32)cc1. The first-order valence-corrected chi connectivity index (χ1v) is 9.72. The van der Waals surface area contributed by atoms with E-state index in [1.807, 2.05) is 0 Å². The number of rotatable bonds is 4. The van der Waals surface area contributed by atoms with Crippen LogP contribution in [0.2, 0.25) is 0 Å². The first-order chi connectivity index (χ1) is 11.2. The second kappa shape index (κ2) is 6.57. The molecule has 2 heterocycles. The van der Waals surface area contributed by atoms with Crippen LogP contribution in [0.3, 0.4) is 0 Å². The van der Waals surface area contributed by atoms with Crippen LogP contribution in [-0.4, -0.2) is 49.1 Å². The molecule has 2 aliphatic heterocycles. The average Bonchev–Trinajstić information content (AvgIpc) is 3.22. The van der Waals surface area contributed by atoms with Crippen molar-refractivity contribution in [1.82, 2.24) is 9.80 Å². The smallest absolute Gasteiger partial charge is 0.00675 e. The molecule has 3 aliphatic rings. The molecule has 23 heavy (non-hydrogen) atoms. The molecule has 0 unspecified atom stereocenters. The van der Waals surface area contributed by atoms with Gasteiger partial charge >= 0.3 is 0 Å². The largest absolute Gasteiger partial charge is 0.306 e. The maximum absolute atomic E-state index is 2.66. The van der Waals surface area contributed by atoms with E-state index in [1.54, 1.807) is 5.56 Å². The highest BCUT2D eigenvalue weighted by atomic mass is 15.2. The van der Waals surface area contributed by atoms with Crippen molar-refractivity contribution < 1.29 is 0 Å². The number of benzene rings is 1. The van der Waals surface area contributed by atoms with Crippen molar-refractivity contribution in [2.24, 2.45) is 11.8 Å². The summed E-state index contributed by atoms with van der Waals surface area (Å²) in [5, 5.41) is 0. The average molecular weight is 313 g/mol. The van der Waals surface area contributed by atoms with Gasteiger partial charge in [-0.1, -0.05) is 24.3 Å². The number of hydrogen-bond acceptors (Lipinski definition) is 2. The Balaban J connectivity index is 1.36. The Morgan fingerprint density at radius 3 is 2.61 bits per heavy atom. The molecule has 2 saturated heterocycles. The van der Waals surface area contributed by atoms with Gasteiger partial charge in [-0.05, 0) is 81.5 Å². The van der Waals surface area contributed by atoms with E-state index in [9.17, 15) is 0 Å². The molecule has 0 aromatic heterocycles. The highest BCUT2D eigenvalue weighted by molar-refractivity contribution is 5.28. The van der Waals surface area contributed by atoms with Gasteiger partial charge in [-0.15, -0.1) is 0 Å². The van der Waals surface area contributed by atoms with Crippen LogP contribution in [-0.2, 0) is 6.42 Å². The molecular formula is C21H32N2. The van der Waals surface area contributed by atoms with Crippen molar-refractivity contribution in [2.45, 2.75) is 51.0 Å². The summed E-state index contributed by atoms with van der Waals surface area (Å²) in [6.45, 7) is 7.56. The van der Waals surface area contributed by atoms with Crippen molar-refractivity contribution in [1.29, 1.82) is 0 Å². The summed E-state index contributed by atoms with van der Waals surface area (Å²) in [6, 6.07) is 10.5. The molecule has 2 nitrogen and oxygen atoms in total. The van der Waals surface area contributed by atoms with E-state index in [-0.39, 0.29) is 0 Å². The van der Waals surface area contributed by atoms with E-state index in [2.05, 4.69) is 48.0 Å². The maximum atomic E-state index is 2.66. The molecule has 0 bridgehead atoms. The Hall–Kier alpha value is -0.860.